The van der Waals surface area contributed by atoms with Gasteiger partial charge in [0.1, 0.15) is 5.75 Å². The number of hydrogen-bond donors (Lipinski definition) is 0. The topological polar surface area (TPSA) is 61.8 Å². The predicted molar refractivity (Wildman–Crippen MR) is 78.9 cm³/mol. The van der Waals surface area contributed by atoms with Crippen molar-refractivity contribution < 1.29 is 23.8 Å². The van der Waals surface area contributed by atoms with Gasteiger partial charge in [-0.3, -0.25) is 0 Å². The van der Waals surface area contributed by atoms with Crippen molar-refractivity contribution in [2.75, 3.05) is 19.8 Å². The molecule has 0 aromatic heterocycles. The minimum absolute atomic E-state index is 0.141. The third kappa shape index (κ3) is 6.12. The summed E-state index contributed by atoms with van der Waals surface area (Å²) in [5, 5.41) is 0. The number of hydrogen-bond acceptors (Lipinski definition) is 5. The Balaban J connectivity index is 2.71. The minimum Gasteiger partial charge on any atom is -0.482 e. The molecule has 0 saturated heterocycles. The second-order valence-electron chi connectivity index (χ2n) is 4.20. The molecule has 0 amide bonds. The van der Waals surface area contributed by atoms with Gasteiger partial charge in [-0.15, -0.1) is 0 Å². The van der Waals surface area contributed by atoms with E-state index in [2.05, 4.69) is 0 Å². The molecule has 0 aliphatic heterocycles. The van der Waals surface area contributed by atoms with Crippen LogP contribution in [0.1, 0.15) is 26.3 Å². The predicted octanol–water partition coefficient (Wildman–Crippen LogP) is 2.59. The molecule has 0 heterocycles. The van der Waals surface area contributed by atoms with Crippen LogP contribution in [0, 0.1) is 0 Å². The second kappa shape index (κ2) is 8.79. The Morgan fingerprint density at radius 2 is 1.86 bits per heavy atom. The first-order chi connectivity index (χ1) is 10.1. The molecule has 114 valence electrons. The van der Waals surface area contributed by atoms with Crippen molar-refractivity contribution in [2.24, 2.45) is 0 Å². The number of ether oxygens (including phenoxy) is 3. The maximum Gasteiger partial charge on any atom is 0.344 e. The Hall–Kier alpha value is -2.30. The zero-order chi connectivity index (χ0) is 15.7. The fourth-order valence-corrected chi connectivity index (χ4v) is 1.62. The molecule has 1 aromatic rings. The van der Waals surface area contributed by atoms with Crippen molar-refractivity contribution in [1.29, 1.82) is 0 Å². The lowest BCUT2D eigenvalue weighted by Crippen LogP contribution is -2.14. The zero-order valence-corrected chi connectivity index (χ0v) is 12.5. The molecule has 5 heteroatoms. The molecule has 0 unspecified atom stereocenters. The molecule has 0 radical (unpaired) electrons. The number of rotatable bonds is 7. The zero-order valence-electron chi connectivity index (χ0n) is 12.5. The lowest BCUT2D eigenvalue weighted by Gasteiger charge is -2.08. The van der Waals surface area contributed by atoms with Crippen LogP contribution in [0.25, 0.3) is 5.57 Å². The van der Waals surface area contributed by atoms with Crippen molar-refractivity contribution in [3.05, 3.63) is 35.9 Å². The van der Waals surface area contributed by atoms with Crippen LogP contribution in [0.2, 0.25) is 0 Å². The van der Waals surface area contributed by atoms with Crippen molar-refractivity contribution in [2.45, 2.75) is 20.8 Å². The molecule has 0 saturated carbocycles. The summed E-state index contributed by atoms with van der Waals surface area (Å²) in [6.07, 6.45) is 1.42. The first kappa shape index (κ1) is 16.8. The van der Waals surface area contributed by atoms with Gasteiger partial charge >= 0.3 is 11.9 Å². The van der Waals surface area contributed by atoms with Crippen molar-refractivity contribution >= 4 is 17.5 Å². The van der Waals surface area contributed by atoms with E-state index in [0.29, 0.717) is 19.0 Å². The Bertz CT molecular complexity index is 519. The van der Waals surface area contributed by atoms with Crippen molar-refractivity contribution in [3.63, 3.8) is 0 Å². The SMILES string of the molecule is CCOC(=O)/C=C(\C)c1cccc(OCC(=O)OCC)c1. The molecule has 0 atom stereocenters. The highest BCUT2D eigenvalue weighted by atomic mass is 16.6. The van der Waals surface area contributed by atoms with Crippen LogP contribution in [0.15, 0.2) is 30.3 Å². The quantitative estimate of drug-likeness (QED) is 0.571. The second-order valence-corrected chi connectivity index (χ2v) is 4.20. The van der Waals surface area contributed by atoms with E-state index in [1.54, 1.807) is 39.0 Å². The van der Waals surface area contributed by atoms with E-state index in [1.165, 1.54) is 6.08 Å². The van der Waals surface area contributed by atoms with Crippen LogP contribution < -0.4 is 4.74 Å². The Kier molecular flexibility index (Phi) is 7.01. The number of carbonyl (C=O) groups is 2. The van der Waals surface area contributed by atoms with Crippen LogP contribution >= 0.6 is 0 Å². The summed E-state index contributed by atoms with van der Waals surface area (Å²) >= 11 is 0. The molecular formula is C16H20O5. The first-order valence-electron chi connectivity index (χ1n) is 6.80. The van der Waals surface area contributed by atoms with Gasteiger partial charge in [0.05, 0.1) is 13.2 Å². The average Bonchev–Trinajstić information content (AvgIpc) is 2.46. The van der Waals surface area contributed by atoms with Gasteiger partial charge in [0, 0.05) is 6.08 Å². The third-order valence-electron chi connectivity index (χ3n) is 2.57. The minimum atomic E-state index is -0.415. The van der Waals surface area contributed by atoms with E-state index in [9.17, 15) is 9.59 Å². The van der Waals surface area contributed by atoms with Crippen LogP contribution in [0.5, 0.6) is 5.75 Å². The number of allylic oxidation sites excluding steroid dienone is 1. The largest absolute Gasteiger partial charge is 0.482 e. The molecule has 0 aliphatic rings. The molecule has 5 nitrogen and oxygen atoms in total. The summed E-state index contributed by atoms with van der Waals surface area (Å²) < 4.78 is 15.0. The van der Waals surface area contributed by atoms with Crippen LogP contribution in [-0.4, -0.2) is 31.8 Å². The molecular weight excluding hydrogens is 272 g/mol. The van der Waals surface area contributed by atoms with Gasteiger partial charge in [-0.25, -0.2) is 9.59 Å². The molecule has 21 heavy (non-hydrogen) atoms. The summed E-state index contributed by atoms with van der Waals surface area (Å²) in [6, 6.07) is 7.13. The van der Waals surface area contributed by atoms with Gasteiger partial charge in [-0.05, 0) is 44.0 Å². The molecule has 1 aromatic carbocycles. The maximum absolute atomic E-state index is 11.4. The van der Waals surface area contributed by atoms with Gasteiger partial charge in [-0.2, -0.15) is 0 Å². The normalized spacial score (nSPS) is 10.9. The highest BCUT2D eigenvalue weighted by Crippen LogP contribution is 2.20. The summed E-state index contributed by atoms with van der Waals surface area (Å²) in [4.78, 5) is 22.6. The van der Waals surface area contributed by atoms with Crippen LogP contribution in [0.3, 0.4) is 0 Å². The van der Waals surface area contributed by atoms with E-state index in [0.717, 1.165) is 11.1 Å². The monoisotopic (exact) mass is 292 g/mol. The smallest absolute Gasteiger partial charge is 0.344 e. The number of benzene rings is 1. The van der Waals surface area contributed by atoms with Crippen molar-refractivity contribution in [3.8, 4) is 5.75 Å². The van der Waals surface area contributed by atoms with Gasteiger partial charge in [0.2, 0.25) is 0 Å². The summed E-state index contributed by atoms with van der Waals surface area (Å²) in [6.45, 7) is 5.82. The van der Waals surface area contributed by atoms with E-state index in [4.69, 9.17) is 14.2 Å². The fourth-order valence-electron chi connectivity index (χ4n) is 1.62. The number of carbonyl (C=O) groups excluding carboxylic acids is 2. The first-order valence-corrected chi connectivity index (χ1v) is 6.80. The van der Waals surface area contributed by atoms with Crippen LogP contribution in [-0.2, 0) is 19.1 Å². The lowest BCUT2D eigenvalue weighted by molar-refractivity contribution is -0.145. The molecule has 1 rings (SSSR count). The summed E-state index contributed by atoms with van der Waals surface area (Å²) in [5.74, 6) is -0.258. The molecule has 0 N–H and O–H groups in total. The van der Waals surface area contributed by atoms with E-state index < -0.39 is 5.97 Å². The fraction of sp³-hybridized carbons (Fsp3) is 0.375. The average molecular weight is 292 g/mol. The van der Waals surface area contributed by atoms with Crippen molar-refractivity contribution in [1.82, 2.24) is 0 Å². The summed E-state index contributed by atoms with van der Waals surface area (Å²) in [5.41, 5.74) is 1.58. The summed E-state index contributed by atoms with van der Waals surface area (Å²) in [7, 11) is 0. The van der Waals surface area contributed by atoms with Gasteiger partial charge in [0.15, 0.2) is 6.61 Å². The molecule has 0 aliphatic carbocycles. The standard InChI is InChI=1S/C16H20O5/c1-4-19-15(17)9-12(3)13-7-6-8-14(10-13)21-11-16(18)20-5-2/h6-10H,4-5,11H2,1-3H3/b12-9+. The number of esters is 2. The van der Waals surface area contributed by atoms with E-state index >= 15 is 0 Å². The maximum atomic E-state index is 11.4. The lowest BCUT2D eigenvalue weighted by atomic mass is 10.1. The molecule has 0 bridgehead atoms. The van der Waals surface area contributed by atoms with Gasteiger partial charge < -0.3 is 14.2 Å². The Morgan fingerprint density at radius 1 is 1.14 bits per heavy atom. The Labute approximate surface area is 124 Å². The highest BCUT2D eigenvalue weighted by Gasteiger charge is 2.05. The van der Waals surface area contributed by atoms with E-state index in [1.807, 2.05) is 6.07 Å². The highest BCUT2D eigenvalue weighted by molar-refractivity contribution is 5.91. The van der Waals surface area contributed by atoms with Gasteiger partial charge in [0.25, 0.3) is 0 Å². The van der Waals surface area contributed by atoms with E-state index in [-0.39, 0.29) is 12.6 Å². The molecule has 0 spiro atoms. The van der Waals surface area contributed by atoms with Gasteiger partial charge in [-0.1, -0.05) is 12.1 Å². The molecule has 0 fully saturated rings. The third-order valence-corrected chi connectivity index (χ3v) is 2.57. The van der Waals surface area contributed by atoms with Crippen LogP contribution in [0.4, 0.5) is 0 Å². The Morgan fingerprint density at radius 3 is 2.52 bits per heavy atom.